The maximum atomic E-state index is 12.8. The molecule has 0 aliphatic carbocycles. The van der Waals surface area contributed by atoms with E-state index in [1.54, 1.807) is 6.07 Å². The van der Waals surface area contributed by atoms with Gasteiger partial charge in [0, 0.05) is 6.07 Å². The van der Waals surface area contributed by atoms with Gasteiger partial charge < -0.3 is 9.47 Å². The molecule has 0 saturated heterocycles. The Balaban J connectivity index is 1.99. The predicted molar refractivity (Wildman–Crippen MR) is 84.9 cm³/mol. The zero-order valence-corrected chi connectivity index (χ0v) is 14.2. The summed E-state index contributed by atoms with van der Waals surface area (Å²) in [6.45, 7) is 1.84. The Kier molecular flexibility index (Phi) is 4.43. The van der Waals surface area contributed by atoms with Crippen molar-refractivity contribution in [1.29, 1.82) is 0 Å². The van der Waals surface area contributed by atoms with E-state index in [1.807, 2.05) is 6.92 Å². The van der Waals surface area contributed by atoms with Gasteiger partial charge in [-0.3, -0.25) is 4.79 Å². The van der Waals surface area contributed by atoms with E-state index < -0.39 is 32.0 Å². The van der Waals surface area contributed by atoms with E-state index in [4.69, 9.17) is 9.47 Å². The van der Waals surface area contributed by atoms with Crippen LogP contribution in [0.25, 0.3) is 0 Å². The number of hydrogen-bond acceptors (Lipinski definition) is 5. The maximum absolute atomic E-state index is 12.8. The summed E-state index contributed by atoms with van der Waals surface area (Å²) in [5.74, 6) is -0.682. The van der Waals surface area contributed by atoms with Gasteiger partial charge in [-0.05, 0) is 29.7 Å². The lowest BCUT2D eigenvalue weighted by molar-refractivity contribution is -0.135. The fourth-order valence-corrected chi connectivity index (χ4v) is 3.49. The largest absolute Gasteiger partial charge is 0.502 e. The average Bonchev–Trinajstić information content (AvgIpc) is 2.53. The molecule has 2 aromatic carbocycles. The molecule has 1 heterocycles. The van der Waals surface area contributed by atoms with Crippen LogP contribution in [-0.2, 0) is 14.6 Å². The van der Waals surface area contributed by atoms with Gasteiger partial charge in [0.05, 0.1) is 6.42 Å². The molecule has 0 spiro atoms. The summed E-state index contributed by atoms with van der Waals surface area (Å²) < 4.78 is 72.4. The molecule has 0 N–H and O–H groups in total. The summed E-state index contributed by atoms with van der Waals surface area (Å²) in [5, 5.41) is 0. The lowest BCUT2D eigenvalue weighted by Gasteiger charge is -2.22. The predicted octanol–water partition coefficient (Wildman–Crippen LogP) is 4.19. The Labute approximate surface area is 147 Å². The number of halogens is 3. The fraction of sp³-hybridized carbons (Fsp3) is 0.235. The van der Waals surface area contributed by atoms with Crippen LogP contribution in [0.3, 0.4) is 0 Å². The summed E-state index contributed by atoms with van der Waals surface area (Å²) in [6, 6.07) is 8.91. The minimum absolute atomic E-state index is 0.0514. The molecule has 3 rings (SSSR count). The van der Waals surface area contributed by atoms with Gasteiger partial charge in [-0.2, -0.15) is 13.2 Å². The molecule has 1 aliphatic rings. The minimum atomic E-state index is -5.57. The highest BCUT2D eigenvalue weighted by atomic mass is 32.2. The first-order valence-electron chi connectivity index (χ1n) is 7.52. The standard InChI is InChI=1S/C17H13F3O5S/c1-10-8-16(21)25-14-9-11(6-7-12(10)14)24-13-4-2-3-5-15(13)26(22,23)17(18,19)20/h2-7,9-10H,8H2,1H3. The topological polar surface area (TPSA) is 69.7 Å². The van der Waals surface area contributed by atoms with Gasteiger partial charge in [0.2, 0.25) is 0 Å². The van der Waals surface area contributed by atoms with Crippen LogP contribution in [0.5, 0.6) is 17.2 Å². The van der Waals surface area contributed by atoms with Crippen molar-refractivity contribution >= 4 is 15.8 Å². The van der Waals surface area contributed by atoms with Gasteiger partial charge in [-0.25, -0.2) is 8.42 Å². The summed E-state index contributed by atoms with van der Waals surface area (Å²) in [7, 11) is -5.57. The Morgan fingerprint density at radius 2 is 1.85 bits per heavy atom. The lowest BCUT2D eigenvalue weighted by Crippen LogP contribution is -2.23. The van der Waals surface area contributed by atoms with E-state index in [1.165, 1.54) is 24.3 Å². The number of alkyl halides is 3. The summed E-state index contributed by atoms with van der Waals surface area (Å²) in [4.78, 5) is 10.5. The molecule has 1 aliphatic heterocycles. The van der Waals surface area contributed by atoms with Crippen molar-refractivity contribution in [3.05, 3.63) is 48.0 Å². The molecular weight excluding hydrogens is 373 g/mol. The number of benzene rings is 2. The van der Waals surface area contributed by atoms with E-state index in [2.05, 4.69) is 0 Å². The summed E-state index contributed by atoms with van der Waals surface area (Å²) in [6.07, 6.45) is 0.222. The van der Waals surface area contributed by atoms with E-state index >= 15 is 0 Å². The van der Waals surface area contributed by atoms with E-state index in [9.17, 15) is 26.4 Å². The number of fused-ring (bicyclic) bond motifs is 1. The van der Waals surface area contributed by atoms with Crippen molar-refractivity contribution < 1.29 is 35.9 Å². The minimum Gasteiger partial charge on any atom is -0.456 e. The Morgan fingerprint density at radius 1 is 1.15 bits per heavy atom. The van der Waals surface area contributed by atoms with E-state index in [0.29, 0.717) is 0 Å². The highest BCUT2D eigenvalue weighted by molar-refractivity contribution is 7.92. The van der Waals surface area contributed by atoms with Crippen LogP contribution in [0.2, 0.25) is 0 Å². The van der Waals surface area contributed by atoms with Crippen molar-refractivity contribution in [3.8, 4) is 17.2 Å². The molecule has 9 heteroatoms. The number of esters is 1. The lowest BCUT2D eigenvalue weighted by atomic mass is 9.95. The maximum Gasteiger partial charge on any atom is 0.502 e. The van der Waals surface area contributed by atoms with Crippen LogP contribution in [-0.4, -0.2) is 19.9 Å². The van der Waals surface area contributed by atoms with Gasteiger partial charge in [0.1, 0.15) is 22.1 Å². The number of carbonyl (C=O) groups excluding carboxylic acids is 1. The molecular formula is C17H13F3O5S. The van der Waals surface area contributed by atoms with E-state index in [-0.39, 0.29) is 23.8 Å². The zero-order valence-electron chi connectivity index (χ0n) is 13.4. The number of carbonyl (C=O) groups is 1. The fourth-order valence-electron chi connectivity index (χ4n) is 2.61. The smallest absolute Gasteiger partial charge is 0.456 e. The third-order valence-corrected chi connectivity index (χ3v) is 5.41. The highest BCUT2D eigenvalue weighted by Gasteiger charge is 2.48. The quantitative estimate of drug-likeness (QED) is 0.585. The molecule has 2 aromatic rings. The first-order chi connectivity index (χ1) is 12.1. The van der Waals surface area contributed by atoms with Crippen molar-refractivity contribution in [1.82, 2.24) is 0 Å². The highest BCUT2D eigenvalue weighted by Crippen LogP contribution is 2.40. The first-order valence-corrected chi connectivity index (χ1v) is 9.01. The van der Waals surface area contributed by atoms with Crippen molar-refractivity contribution in [2.24, 2.45) is 0 Å². The molecule has 0 saturated carbocycles. The summed E-state index contributed by atoms with van der Waals surface area (Å²) in [5.41, 5.74) is -4.69. The Bertz CT molecular complexity index is 967. The molecule has 0 aromatic heterocycles. The van der Waals surface area contributed by atoms with Gasteiger partial charge in [0.25, 0.3) is 9.84 Å². The van der Waals surface area contributed by atoms with Crippen molar-refractivity contribution in [2.45, 2.75) is 29.7 Å². The molecule has 0 fully saturated rings. The molecule has 1 unspecified atom stereocenters. The van der Waals surface area contributed by atoms with Gasteiger partial charge in [-0.1, -0.05) is 25.1 Å². The Hall–Kier alpha value is -2.55. The molecule has 0 bridgehead atoms. The van der Waals surface area contributed by atoms with E-state index in [0.717, 1.165) is 17.7 Å². The van der Waals surface area contributed by atoms with Crippen molar-refractivity contribution in [2.75, 3.05) is 0 Å². The second kappa shape index (κ2) is 6.31. The van der Waals surface area contributed by atoms with Crippen molar-refractivity contribution in [3.63, 3.8) is 0 Å². The SMILES string of the molecule is CC1CC(=O)Oc2cc(Oc3ccccc3S(=O)(=O)C(F)(F)F)ccc21. The van der Waals surface area contributed by atoms with Crippen LogP contribution in [0.1, 0.15) is 24.8 Å². The monoisotopic (exact) mass is 386 g/mol. The second-order valence-corrected chi connectivity index (χ2v) is 7.69. The van der Waals surface area contributed by atoms with Gasteiger partial charge >= 0.3 is 11.5 Å². The van der Waals surface area contributed by atoms with Gasteiger partial charge in [-0.15, -0.1) is 0 Å². The number of ether oxygens (including phenoxy) is 2. The number of para-hydroxylation sites is 1. The molecule has 138 valence electrons. The van der Waals surface area contributed by atoms with Gasteiger partial charge in [0.15, 0.2) is 0 Å². The number of sulfone groups is 1. The third-order valence-electron chi connectivity index (χ3n) is 3.88. The molecule has 0 amide bonds. The third kappa shape index (κ3) is 3.26. The van der Waals surface area contributed by atoms with Crippen LogP contribution < -0.4 is 9.47 Å². The Morgan fingerprint density at radius 3 is 2.54 bits per heavy atom. The van der Waals surface area contributed by atoms with Crippen LogP contribution in [0, 0.1) is 0 Å². The van der Waals surface area contributed by atoms with Crippen LogP contribution >= 0.6 is 0 Å². The number of rotatable bonds is 3. The molecule has 26 heavy (non-hydrogen) atoms. The molecule has 0 radical (unpaired) electrons. The molecule has 1 atom stereocenters. The number of hydrogen-bond donors (Lipinski definition) is 0. The average molecular weight is 386 g/mol. The normalized spacial score (nSPS) is 17.4. The zero-order chi connectivity index (χ0) is 19.1. The molecule has 5 nitrogen and oxygen atoms in total. The summed E-state index contributed by atoms with van der Waals surface area (Å²) >= 11 is 0. The second-order valence-electron chi connectivity index (χ2n) is 5.78. The van der Waals surface area contributed by atoms with Crippen LogP contribution in [0.4, 0.5) is 13.2 Å². The first kappa shape index (κ1) is 18.2. The van der Waals surface area contributed by atoms with Crippen LogP contribution in [0.15, 0.2) is 47.4 Å².